The van der Waals surface area contributed by atoms with Gasteiger partial charge in [-0.2, -0.15) is 10.2 Å². The van der Waals surface area contributed by atoms with E-state index in [1.807, 2.05) is 48.5 Å². The number of hydrazone groups is 1. The first-order valence-corrected chi connectivity index (χ1v) is 10.1. The van der Waals surface area contributed by atoms with Gasteiger partial charge in [0.2, 0.25) is 0 Å². The van der Waals surface area contributed by atoms with Crippen molar-refractivity contribution in [2.45, 2.75) is 0 Å². The molecule has 0 unspecified atom stereocenters. The number of aromatic amines is 1. The number of H-pyrrole nitrogens is 1. The van der Waals surface area contributed by atoms with Crippen molar-refractivity contribution in [2.75, 3.05) is 6.61 Å². The zero-order valence-corrected chi connectivity index (χ0v) is 18.5. The molecule has 9 heteroatoms. The fourth-order valence-corrected chi connectivity index (χ4v) is 4.66. The summed E-state index contributed by atoms with van der Waals surface area (Å²) in [5.41, 5.74) is 4.89. The van der Waals surface area contributed by atoms with Crippen LogP contribution in [-0.4, -0.2) is 28.9 Å². The van der Waals surface area contributed by atoms with Gasteiger partial charge in [-0.15, -0.1) is 0 Å². The maximum atomic E-state index is 11.9. The average Bonchev–Trinajstić information content (AvgIpc) is 3.10. The summed E-state index contributed by atoms with van der Waals surface area (Å²) in [5, 5.41) is 11.0. The van der Waals surface area contributed by atoms with Gasteiger partial charge in [0.1, 0.15) is 5.75 Å². The van der Waals surface area contributed by atoms with E-state index in [-0.39, 0.29) is 12.5 Å². The lowest BCUT2D eigenvalue weighted by atomic mass is 10.1. The van der Waals surface area contributed by atoms with Gasteiger partial charge in [0.15, 0.2) is 6.61 Å². The minimum Gasteiger partial charge on any atom is -0.481 e. The summed E-state index contributed by atoms with van der Waals surface area (Å²) in [6.07, 6.45) is 1.49. The van der Waals surface area contributed by atoms with Crippen molar-refractivity contribution in [1.82, 2.24) is 15.6 Å². The summed E-state index contributed by atoms with van der Waals surface area (Å²) < 4.78 is 7.87. The molecule has 1 amide bonds. The van der Waals surface area contributed by atoms with E-state index in [0.29, 0.717) is 11.4 Å². The molecule has 27 heavy (non-hydrogen) atoms. The Kier molecular flexibility index (Phi) is 6.81. The molecule has 0 saturated carbocycles. The van der Waals surface area contributed by atoms with Crippen LogP contribution in [0.3, 0.4) is 0 Å². The van der Waals surface area contributed by atoms with Crippen molar-refractivity contribution in [2.24, 2.45) is 5.10 Å². The number of amides is 1. The summed E-state index contributed by atoms with van der Waals surface area (Å²) in [4.78, 5) is 11.9. The minimum absolute atomic E-state index is 0.172. The van der Waals surface area contributed by atoms with Crippen molar-refractivity contribution in [1.29, 1.82) is 0 Å². The van der Waals surface area contributed by atoms with E-state index in [0.717, 1.165) is 24.7 Å². The third-order valence-corrected chi connectivity index (χ3v) is 5.01. The Balaban J connectivity index is 1.53. The van der Waals surface area contributed by atoms with Crippen LogP contribution in [0.25, 0.3) is 11.3 Å². The fraction of sp³-hybridized carbons (Fsp3) is 0.0556. The topological polar surface area (TPSA) is 79.4 Å². The van der Waals surface area contributed by atoms with Gasteiger partial charge in [-0.1, -0.05) is 46.3 Å². The highest BCUT2D eigenvalue weighted by atomic mass is 79.9. The van der Waals surface area contributed by atoms with Gasteiger partial charge in [-0.05, 0) is 50.1 Å². The van der Waals surface area contributed by atoms with Crippen LogP contribution in [0.2, 0.25) is 0 Å². The van der Waals surface area contributed by atoms with E-state index in [4.69, 9.17) is 4.74 Å². The average molecular weight is 557 g/mol. The van der Waals surface area contributed by atoms with E-state index in [1.165, 1.54) is 6.21 Å². The van der Waals surface area contributed by atoms with Crippen LogP contribution < -0.4 is 10.2 Å². The molecule has 0 saturated heterocycles. The number of hydrogen-bond acceptors (Lipinski definition) is 4. The van der Waals surface area contributed by atoms with Gasteiger partial charge < -0.3 is 4.74 Å². The zero-order valence-electron chi connectivity index (χ0n) is 13.7. The zero-order chi connectivity index (χ0) is 19.2. The van der Waals surface area contributed by atoms with Crippen LogP contribution in [0.4, 0.5) is 0 Å². The molecule has 0 bridgehead atoms. The van der Waals surface area contributed by atoms with Gasteiger partial charge in [-0.25, -0.2) is 5.43 Å². The van der Waals surface area contributed by atoms with E-state index in [9.17, 15) is 4.79 Å². The number of benzene rings is 2. The maximum absolute atomic E-state index is 11.9. The van der Waals surface area contributed by atoms with Crippen LogP contribution in [0, 0.1) is 0 Å². The fourth-order valence-electron chi connectivity index (χ4n) is 2.17. The first-order chi connectivity index (χ1) is 13.0. The molecule has 0 aliphatic rings. The van der Waals surface area contributed by atoms with Crippen molar-refractivity contribution in [3.63, 3.8) is 0 Å². The third kappa shape index (κ3) is 5.50. The lowest BCUT2D eigenvalue weighted by molar-refractivity contribution is -0.123. The highest BCUT2D eigenvalue weighted by molar-refractivity contribution is 9.11. The van der Waals surface area contributed by atoms with E-state index in [2.05, 4.69) is 68.5 Å². The van der Waals surface area contributed by atoms with Crippen LogP contribution in [0.5, 0.6) is 5.75 Å². The maximum Gasteiger partial charge on any atom is 0.277 e. The molecule has 6 nitrogen and oxygen atoms in total. The SMILES string of the molecule is O=C(COc1c(Br)cc(Br)cc1Br)NN=Cc1cc(-c2ccccc2)n[nH]1. The smallest absolute Gasteiger partial charge is 0.277 e. The number of aromatic nitrogens is 2. The molecule has 2 N–H and O–H groups in total. The number of rotatable bonds is 6. The number of nitrogens with one attached hydrogen (secondary N) is 2. The summed E-state index contributed by atoms with van der Waals surface area (Å²) >= 11 is 10.2. The first-order valence-electron chi connectivity index (χ1n) is 7.73. The Morgan fingerprint density at radius 3 is 2.56 bits per heavy atom. The summed E-state index contributed by atoms with van der Waals surface area (Å²) in [6, 6.07) is 15.3. The van der Waals surface area contributed by atoms with Gasteiger partial charge in [0, 0.05) is 10.0 Å². The Hall–Kier alpha value is -1.97. The molecule has 0 aliphatic carbocycles. The Bertz CT molecular complexity index is 951. The van der Waals surface area contributed by atoms with Gasteiger partial charge >= 0.3 is 0 Å². The molecular formula is C18H13Br3N4O2. The standard InChI is InChI=1S/C18H13Br3N4O2/c19-12-6-14(20)18(15(21)7-12)27-10-17(26)25-22-9-13-8-16(24-23-13)11-4-2-1-3-5-11/h1-9H,10H2,(H,23,24)(H,25,26). The number of halogens is 3. The van der Waals surface area contributed by atoms with Crippen LogP contribution in [0.15, 0.2) is 67.1 Å². The van der Waals surface area contributed by atoms with Crippen LogP contribution in [0.1, 0.15) is 5.69 Å². The monoisotopic (exact) mass is 554 g/mol. The molecule has 1 heterocycles. The second-order valence-corrected chi connectivity index (χ2v) is 7.98. The Morgan fingerprint density at radius 1 is 1.15 bits per heavy atom. The Morgan fingerprint density at radius 2 is 1.85 bits per heavy atom. The van der Waals surface area contributed by atoms with Crippen molar-refractivity contribution < 1.29 is 9.53 Å². The van der Waals surface area contributed by atoms with Gasteiger partial charge in [-0.3, -0.25) is 9.89 Å². The molecule has 0 atom stereocenters. The van der Waals surface area contributed by atoms with E-state index in [1.54, 1.807) is 0 Å². The molecular weight excluding hydrogens is 544 g/mol. The molecule has 2 aromatic carbocycles. The number of hydrogen-bond donors (Lipinski definition) is 2. The molecule has 1 aromatic heterocycles. The van der Waals surface area contributed by atoms with E-state index >= 15 is 0 Å². The third-order valence-electron chi connectivity index (χ3n) is 3.37. The number of carbonyl (C=O) groups is 1. The highest BCUT2D eigenvalue weighted by Gasteiger charge is 2.10. The number of nitrogens with zero attached hydrogens (tertiary/aromatic N) is 2. The molecule has 3 rings (SSSR count). The predicted molar refractivity (Wildman–Crippen MR) is 115 cm³/mol. The van der Waals surface area contributed by atoms with Gasteiger partial charge in [0.05, 0.1) is 26.5 Å². The predicted octanol–water partition coefficient (Wildman–Crippen LogP) is 4.89. The van der Waals surface area contributed by atoms with E-state index < -0.39 is 0 Å². The normalized spacial score (nSPS) is 10.9. The largest absolute Gasteiger partial charge is 0.481 e. The van der Waals surface area contributed by atoms with Crippen molar-refractivity contribution in [3.05, 3.63) is 67.6 Å². The molecule has 0 aliphatic heterocycles. The van der Waals surface area contributed by atoms with Crippen molar-refractivity contribution in [3.8, 4) is 17.0 Å². The molecule has 0 radical (unpaired) electrons. The second-order valence-electron chi connectivity index (χ2n) is 5.35. The number of carbonyl (C=O) groups excluding carboxylic acids is 1. The quantitative estimate of drug-likeness (QED) is 0.335. The molecule has 3 aromatic rings. The summed E-state index contributed by atoms with van der Waals surface area (Å²) in [6.45, 7) is -0.172. The van der Waals surface area contributed by atoms with Crippen molar-refractivity contribution >= 4 is 59.9 Å². The highest BCUT2D eigenvalue weighted by Crippen LogP contribution is 2.36. The Labute approximate surface area is 180 Å². The van der Waals surface area contributed by atoms with Crippen LogP contribution >= 0.6 is 47.8 Å². The second kappa shape index (κ2) is 9.29. The summed E-state index contributed by atoms with van der Waals surface area (Å²) in [5.74, 6) is 0.161. The first kappa shape index (κ1) is 19.8. The van der Waals surface area contributed by atoms with Crippen LogP contribution in [-0.2, 0) is 4.79 Å². The lowest BCUT2D eigenvalue weighted by Gasteiger charge is -2.09. The number of ether oxygens (including phenoxy) is 1. The molecule has 138 valence electrons. The molecule has 0 spiro atoms. The minimum atomic E-state index is -0.379. The van der Waals surface area contributed by atoms with Gasteiger partial charge in [0.25, 0.3) is 5.91 Å². The molecule has 0 fully saturated rings. The lowest BCUT2D eigenvalue weighted by Crippen LogP contribution is -2.24. The summed E-state index contributed by atoms with van der Waals surface area (Å²) in [7, 11) is 0.